The fraction of sp³-hybridized carbons (Fsp3) is 0.125. The third-order valence-electron chi connectivity index (χ3n) is 3.21. The van der Waals surface area contributed by atoms with E-state index in [9.17, 15) is 0 Å². The Bertz CT molecular complexity index is 781. The number of hydrogen-bond donors (Lipinski definition) is 0. The van der Waals surface area contributed by atoms with Gasteiger partial charge in [-0.25, -0.2) is 0 Å². The monoisotopic (exact) mass is 438 g/mol. The molecule has 0 spiro atoms. The van der Waals surface area contributed by atoms with E-state index < -0.39 is 0 Å². The lowest BCUT2D eigenvalue weighted by atomic mass is 10.2. The SMILES string of the molecule is COc1ccc(Br)cc1-c1nnc(-c2cc(Br)ccc2OC)o1. The van der Waals surface area contributed by atoms with Crippen LogP contribution in [0.15, 0.2) is 49.8 Å². The Labute approximate surface area is 149 Å². The normalized spacial score (nSPS) is 10.6. The second-order valence-electron chi connectivity index (χ2n) is 4.60. The predicted octanol–water partition coefficient (Wildman–Crippen LogP) is 4.95. The van der Waals surface area contributed by atoms with E-state index in [1.807, 2.05) is 36.4 Å². The van der Waals surface area contributed by atoms with E-state index in [2.05, 4.69) is 42.1 Å². The molecule has 0 bridgehead atoms. The predicted molar refractivity (Wildman–Crippen MR) is 93.7 cm³/mol. The first-order valence-corrected chi connectivity index (χ1v) is 8.22. The van der Waals surface area contributed by atoms with Crippen LogP contribution in [0.25, 0.3) is 22.9 Å². The lowest BCUT2D eigenvalue weighted by molar-refractivity contribution is 0.412. The van der Waals surface area contributed by atoms with Crippen LogP contribution in [0.4, 0.5) is 0 Å². The van der Waals surface area contributed by atoms with Crippen LogP contribution >= 0.6 is 31.9 Å². The topological polar surface area (TPSA) is 57.4 Å². The van der Waals surface area contributed by atoms with Gasteiger partial charge in [0, 0.05) is 8.95 Å². The summed E-state index contributed by atoms with van der Waals surface area (Å²) in [6, 6.07) is 11.2. The van der Waals surface area contributed by atoms with Gasteiger partial charge in [-0.3, -0.25) is 0 Å². The zero-order valence-electron chi connectivity index (χ0n) is 12.3. The van der Waals surface area contributed by atoms with Gasteiger partial charge in [-0.05, 0) is 36.4 Å². The maximum Gasteiger partial charge on any atom is 0.251 e. The molecule has 0 aliphatic heterocycles. The molecule has 118 valence electrons. The Morgan fingerprint density at radius 3 is 1.61 bits per heavy atom. The first-order valence-electron chi connectivity index (χ1n) is 6.63. The van der Waals surface area contributed by atoms with Crippen LogP contribution in [-0.2, 0) is 0 Å². The van der Waals surface area contributed by atoms with Crippen LogP contribution < -0.4 is 9.47 Å². The average Bonchev–Trinajstić information content (AvgIpc) is 3.04. The number of hydrogen-bond acceptors (Lipinski definition) is 5. The van der Waals surface area contributed by atoms with Crippen LogP contribution in [-0.4, -0.2) is 24.4 Å². The molecule has 0 amide bonds. The Hall–Kier alpha value is -1.86. The molecule has 2 aromatic carbocycles. The number of ether oxygens (including phenoxy) is 2. The minimum atomic E-state index is 0.375. The van der Waals surface area contributed by atoms with Crippen LogP contribution in [0.3, 0.4) is 0 Å². The van der Waals surface area contributed by atoms with E-state index >= 15 is 0 Å². The minimum Gasteiger partial charge on any atom is -0.496 e. The lowest BCUT2D eigenvalue weighted by Gasteiger charge is -2.06. The van der Waals surface area contributed by atoms with E-state index in [0.717, 1.165) is 20.1 Å². The molecule has 23 heavy (non-hydrogen) atoms. The number of rotatable bonds is 4. The highest BCUT2D eigenvalue weighted by atomic mass is 79.9. The molecule has 0 saturated carbocycles. The van der Waals surface area contributed by atoms with E-state index in [-0.39, 0.29) is 0 Å². The molecule has 0 saturated heterocycles. The van der Waals surface area contributed by atoms with Crippen LogP contribution in [0.1, 0.15) is 0 Å². The number of halogens is 2. The second-order valence-corrected chi connectivity index (χ2v) is 6.43. The van der Waals surface area contributed by atoms with Crippen molar-refractivity contribution in [2.45, 2.75) is 0 Å². The molecule has 1 heterocycles. The van der Waals surface area contributed by atoms with Crippen molar-refractivity contribution in [3.05, 3.63) is 45.3 Å². The number of aromatic nitrogens is 2. The molecule has 3 aromatic rings. The Kier molecular flexibility index (Phi) is 4.68. The fourth-order valence-corrected chi connectivity index (χ4v) is 2.86. The number of nitrogens with zero attached hydrogens (tertiary/aromatic N) is 2. The van der Waals surface area contributed by atoms with Crippen molar-refractivity contribution >= 4 is 31.9 Å². The van der Waals surface area contributed by atoms with Gasteiger partial charge in [0.15, 0.2) is 0 Å². The van der Waals surface area contributed by atoms with Crippen LogP contribution in [0.2, 0.25) is 0 Å². The van der Waals surface area contributed by atoms with Gasteiger partial charge in [-0.1, -0.05) is 31.9 Å². The molecule has 0 fully saturated rings. The third kappa shape index (κ3) is 3.25. The second kappa shape index (κ2) is 6.72. The Balaban J connectivity index is 2.08. The largest absolute Gasteiger partial charge is 0.496 e. The molecule has 3 rings (SSSR count). The highest BCUT2D eigenvalue weighted by molar-refractivity contribution is 9.10. The molecule has 0 N–H and O–H groups in total. The summed E-state index contributed by atoms with van der Waals surface area (Å²) < 4.78 is 18.3. The summed E-state index contributed by atoms with van der Waals surface area (Å²) in [5, 5.41) is 8.26. The summed E-state index contributed by atoms with van der Waals surface area (Å²) >= 11 is 6.87. The third-order valence-corrected chi connectivity index (χ3v) is 4.20. The summed E-state index contributed by atoms with van der Waals surface area (Å²) in [5.41, 5.74) is 1.43. The smallest absolute Gasteiger partial charge is 0.251 e. The Morgan fingerprint density at radius 2 is 1.22 bits per heavy atom. The van der Waals surface area contributed by atoms with Gasteiger partial charge in [-0.15, -0.1) is 10.2 Å². The molecular formula is C16H12Br2N2O3. The molecule has 7 heteroatoms. The van der Waals surface area contributed by atoms with Crippen molar-refractivity contribution in [1.82, 2.24) is 10.2 Å². The lowest BCUT2D eigenvalue weighted by Crippen LogP contribution is -1.88. The van der Waals surface area contributed by atoms with Gasteiger partial charge in [-0.2, -0.15) is 0 Å². The van der Waals surface area contributed by atoms with Crippen molar-refractivity contribution in [3.8, 4) is 34.4 Å². The standard InChI is InChI=1S/C16H12Br2N2O3/c1-21-13-5-3-9(17)7-11(13)15-19-20-16(23-15)12-8-10(18)4-6-14(12)22-2/h3-8H,1-2H3. The zero-order valence-corrected chi connectivity index (χ0v) is 15.5. The summed E-state index contributed by atoms with van der Waals surface area (Å²) in [6.07, 6.45) is 0. The van der Waals surface area contributed by atoms with Crippen molar-refractivity contribution in [2.24, 2.45) is 0 Å². The van der Waals surface area contributed by atoms with Crippen molar-refractivity contribution in [2.75, 3.05) is 14.2 Å². The minimum absolute atomic E-state index is 0.375. The summed E-state index contributed by atoms with van der Waals surface area (Å²) in [7, 11) is 3.20. The van der Waals surface area contributed by atoms with E-state index in [4.69, 9.17) is 13.9 Å². The molecule has 0 radical (unpaired) electrons. The maximum atomic E-state index is 5.83. The van der Waals surface area contributed by atoms with Gasteiger partial charge in [0.25, 0.3) is 11.8 Å². The van der Waals surface area contributed by atoms with Crippen molar-refractivity contribution in [3.63, 3.8) is 0 Å². The van der Waals surface area contributed by atoms with Gasteiger partial charge < -0.3 is 13.9 Å². The van der Waals surface area contributed by atoms with E-state index in [1.165, 1.54) is 0 Å². The summed E-state index contributed by atoms with van der Waals surface area (Å²) in [5.74, 6) is 2.06. The zero-order chi connectivity index (χ0) is 16.4. The van der Waals surface area contributed by atoms with Gasteiger partial charge in [0.05, 0.1) is 25.3 Å². The van der Waals surface area contributed by atoms with Gasteiger partial charge >= 0.3 is 0 Å². The quantitative estimate of drug-likeness (QED) is 0.575. The van der Waals surface area contributed by atoms with Crippen LogP contribution in [0, 0.1) is 0 Å². The number of methoxy groups -OCH3 is 2. The summed E-state index contributed by atoms with van der Waals surface area (Å²) in [6.45, 7) is 0. The summed E-state index contributed by atoms with van der Waals surface area (Å²) in [4.78, 5) is 0. The molecule has 0 aliphatic carbocycles. The number of benzene rings is 2. The van der Waals surface area contributed by atoms with Crippen molar-refractivity contribution in [1.29, 1.82) is 0 Å². The van der Waals surface area contributed by atoms with E-state index in [0.29, 0.717) is 23.3 Å². The molecular weight excluding hydrogens is 428 g/mol. The average molecular weight is 440 g/mol. The van der Waals surface area contributed by atoms with Crippen molar-refractivity contribution < 1.29 is 13.9 Å². The maximum absolute atomic E-state index is 5.83. The highest BCUT2D eigenvalue weighted by Crippen LogP contribution is 2.36. The highest BCUT2D eigenvalue weighted by Gasteiger charge is 2.17. The molecule has 0 aliphatic rings. The van der Waals surface area contributed by atoms with Crippen LogP contribution in [0.5, 0.6) is 11.5 Å². The molecule has 0 unspecified atom stereocenters. The first kappa shape index (κ1) is 16.0. The molecule has 5 nitrogen and oxygen atoms in total. The van der Waals surface area contributed by atoms with Gasteiger partial charge in [0.1, 0.15) is 11.5 Å². The van der Waals surface area contributed by atoms with Gasteiger partial charge in [0.2, 0.25) is 0 Å². The van der Waals surface area contributed by atoms with E-state index in [1.54, 1.807) is 14.2 Å². The molecule has 0 atom stereocenters. The molecule has 1 aromatic heterocycles. The Morgan fingerprint density at radius 1 is 0.783 bits per heavy atom. The first-order chi connectivity index (χ1) is 11.1. The fourth-order valence-electron chi connectivity index (χ4n) is 2.14.